The van der Waals surface area contributed by atoms with E-state index in [0.29, 0.717) is 42.4 Å². The lowest BCUT2D eigenvalue weighted by Crippen LogP contribution is -2.08. The molecule has 2 aromatic heterocycles. The number of rotatable bonds is 8. The van der Waals surface area contributed by atoms with Crippen LogP contribution >= 0.6 is 0 Å². The van der Waals surface area contributed by atoms with Crippen molar-refractivity contribution in [1.82, 2.24) is 14.5 Å². The Morgan fingerprint density at radius 1 is 0.941 bits per heavy atom. The van der Waals surface area contributed by atoms with Crippen LogP contribution in [0, 0.1) is 0 Å². The predicted octanol–water partition coefficient (Wildman–Crippen LogP) is 5.32. The van der Waals surface area contributed by atoms with Crippen LogP contribution in [0.25, 0.3) is 22.5 Å². The van der Waals surface area contributed by atoms with Crippen molar-refractivity contribution >= 4 is 5.82 Å². The van der Waals surface area contributed by atoms with Gasteiger partial charge in [0.2, 0.25) is 0 Å². The Bertz CT molecular complexity index is 1250. The first-order chi connectivity index (χ1) is 16.4. The summed E-state index contributed by atoms with van der Waals surface area (Å²) < 4.78 is 41.9. The smallest absolute Gasteiger partial charge is 0.370 e. The van der Waals surface area contributed by atoms with Crippen molar-refractivity contribution in [3.8, 4) is 22.5 Å². The van der Waals surface area contributed by atoms with Gasteiger partial charge < -0.3 is 15.6 Å². The second-order valence-corrected chi connectivity index (χ2v) is 7.99. The molecule has 0 spiro atoms. The molecule has 0 saturated carbocycles. The van der Waals surface area contributed by atoms with Crippen LogP contribution in [0.15, 0.2) is 72.9 Å². The van der Waals surface area contributed by atoms with E-state index < -0.39 is 11.7 Å². The summed E-state index contributed by atoms with van der Waals surface area (Å²) in [6.45, 7) is 1.08. The van der Waals surface area contributed by atoms with E-state index in [1.54, 1.807) is 12.3 Å². The van der Waals surface area contributed by atoms with E-state index in [9.17, 15) is 13.2 Å². The zero-order chi connectivity index (χ0) is 24.1. The number of hydrogen-bond donors (Lipinski definition) is 2. The lowest BCUT2D eigenvalue weighted by Gasteiger charge is -2.12. The van der Waals surface area contributed by atoms with E-state index in [-0.39, 0.29) is 0 Å². The van der Waals surface area contributed by atoms with Crippen LogP contribution in [0.1, 0.15) is 17.0 Å². The quantitative estimate of drug-likeness (QED) is 0.369. The highest BCUT2D eigenvalue weighted by atomic mass is 19.4. The fourth-order valence-electron chi connectivity index (χ4n) is 3.93. The Kier molecular flexibility index (Phi) is 6.98. The molecule has 176 valence electrons. The molecule has 0 aliphatic carbocycles. The molecule has 4 aromatic rings. The molecular weight excluding hydrogens is 439 g/mol. The molecule has 0 atom stereocenters. The van der Waals surface area contributed by atoms with E-state index in [1.807, 2.05) is 41.9 Å². The maximum atomic E-state index is 13.3. The molecule has 0 amide bonds. The van der Waals surface area contributed by atoms with Crippen LogP contribution in [0.4, 0.5) is 19.0 Å². The van der Waals surface area contributed by atoms with Crippen molar-refractivity contribution in [2.45, 2.75) is 19.0 Å². The molecule has 8 heteroatoms. The van der Waals surface area contributed by atoms with Crippen LogP contribution in [0.2, 0.25) is 0 Å². The van der Waals surface area contributed by atoms with Gasteiger partial charge in [-0.2, -0.15) is 13.2 Å². The third-order valence-corrected chi connectivity index (χ3v) is 5.62. The number of aromatic nitrogens is 3. The molecular formula is C26H26F3N5. The summed E-state index contributed by atoms with van der Waals surface area (Å²) in [4.78, 5) is 9.08. The minimum absolute atomic E-state index is 0.384. The van der Waals surface area contributed by atoms with E-state index in [2.05, 4.69) is 27.4 Å². The van der Waals surface area contributed by atoms with Gasteiger partial charge in [-0.3, -0.25) is 0 Å². The number of anilines is 1. The van der Waals surface area contributed by atoms with Crippen molar-refractivity contribution in [3.05, 3.63) is 89.9 Å². The first kappa shape index (κ1) is 23.5. The third kappa shape index (κ3) is 5.28. The first-order valence-corrected chi connectivity index (χ1v) is 11.0. The van der Waals surface area contributed by atoms with Gasteiger partial charge >= 0.3 is 6.18 Å². The molecule has 0 aliphatic heterocycles. The highest BCUT2D eigenvalue weighted by molar-refractivity contribution is 5.80. The highest BCUT2D eigenvalue weighted by Gasteiger charge is 2.31. The van der Waals surface area contributed by atoms with Gasteiger partial charge in [0.1, 0.15) is 11.6 Å². The number of alkyl halides is 3. The van der Waals surface area contributed by atoms with Crippen molar-refractivity contribution in [3.63, 3.8) is 0 Å². The number of benzene rings is 2. The third-order valence-electron chi connectivity index (χ3n) is 5.62. The largest absolute Gasteiger partial charge is 0.416 e. The molecule has 34 heavy (non-hydrogen) atoms. The molecule has 5 nitrogen and oxygen atoms in total. The van der Waals surface area contributed by atoms with Crippen LogP contribution in [0.5, 0.6) is 0 Å². The van der Waals surface area contributed by atoms with Crippen LogP contribution in [0.3, 0.4) is 0 Å². The van der Waals surface area contributed by atoms with Crippen LogP contribution in [-0.2, 0) is 26.1 Å². The van der Waals surface area contributed by atoms with Crippen molar-refractivity contribution in [2.75, 3.05) is 18.4 Å². The Labute approximate surface area is 196 Å². The summed E-state index contributed by atoms with van der Waals surface area (Å²) >= 11 is 0. The topological polar surface area (TPSA) is 68.8 Å². The van der Waals surface area contributed by atoms with Gasteiger partial charge in [-0.25, -0.2) is 9.97 Å². The Hall–Kier alpha value is -3.65. The number of pyridine rings is 1. The van der Waals surface area contributed by atoms with Gasteiger partial charge in [-0.15, -0.1) is 0 Å². The average molecular weight is 466 g/mol. The minimum atomic E-state index is -4.43. The van der Waals surface area contributed by atoms with Gasteiger partial charge in [-0.1, -0.05) is 42.5 Å². The SMILES string of the molecule is Cn1c(CCN)nc(-c2cccc(C(F)(F)F)c2)c1-c1ccnc(NCCc2ccccc2)c1. The second kappa shape index (κ2) is 10.1. The van der Waals surface area contributed by atoms with Gasteiger partial charge in [0.15, 0.2) is 0 Å². The maximum Gasteiger partial charge on any atom is 0.416 e. The molecule has 2 heterocycles. The van der Waals surface area contributed by atoms with E-state index in [4.69, 9.17) is 5.73 Å². The summed E-state index contributed by atoms with van der Waals surface area (Å²) in [5.74, 6) is 1.39. The number of hydrogen-bond acceptors (Lipinski definition) is 4. The monoisotopic (exact) mass is 465 g/mol. The van der Waals surface area contributed by atoms with Gasteiger partial charge in [0, 0.05) is 37.3 Å². The zero-order valence-electron chi connectivity index (χ0n) is 18.8. The second-order valence-electron chi connectivity index (χ2n) is 7.99. The molecule has 0 unspecified atom stereocenters. The molecule has 0 saturated heterocycles. The first-order valence-electron chi connectivity index (χ1n) is 11.0. The predicted molar refractivity (Wildman–Crippen MR) is 128 cm³/mol. The van der Waals surface area contributed by atoms with Crippen LogP contribution in [-0.4, -0.2) is 27.6 Å². The van der Waals surface area contributed by atoms with E-state index in [1.165, 1.54) is 11.6 Å². The lowest BCUT2D eigenvalue weighted by atomic mass is 10.0. The number of nitrogens with zero attached hydrogens (tertiary/aromatic N) is 3. The summed E-state index contributed by atoms with van der Waals surface area (Å²) in [5.41, 5.74) is 8.68. The maximum absolute atomic E-state index is 13.3. The molecule has 3 N–H and O–H groups in total. The van der Waals surface area contributed by atoms with Crippen molar-refractivity contribution < 1.29 is 13.2 Å². The molecule has 4 rings (SSSR count). The molecule has 0 radical (unpaired) electrons. The summed E-state index contributed by atoms with van der Waals surface area (Å²) in [6, 6.07) is 19.1. The van der Waals surface area contributed by atoms with Gasteiger partial charge in [0.05, 0.1) is 17.0 Å². The summed E-state index contributed by atoms with van der Waals surface area (Å²) in [7, 11) is 1.85. The van der Waals surface area contributed by atoms with E-state index >= 15 is 0 Å². The molecule has 0 bridgehead atoms. The number of nitrogens with two attached hydrogens (primary N) is 1. The van der Waals surface area contributed by atoms with Gasteiger partial charge in [-0.05, 0) is 42.8 Å². The molecule has 0 aliphatic rings. The Morgan fingerprint density at radius 2 is 1.74 bits per heavy atom. The summed E-state index contributed by atoms with van der Waals surface area (Å²) in [6.07, 6.45) is -1.40. The normalized spacial score (nSPS) is 11.6. The zero-order valence-corrected chi connectivity index (χ0v) is 18.8. The minimum Gasteiger partial charge on any atom is -0.370 e. The molecule has 0 fully saturated rings. The fourth-order valence-corrected chi connectivity index (χ4v) is 3.93. The van der Waals surface area contributed by atoms with Gasteiger partial charge in [0.25, 0.3) is 0 Å². The standard InChI is InChI=1S/C26H26F3N5/c1-34-23(10-13-30)33-24(19-8-5-9-21(16-19)26(27,28)29)25(34)20-12-15-32-22(17-20)31-14-11-18-6-3-2-4-7-18/h2-9,12,15-17H,10-11,13-14,30H2,1H3,(H,31,32). The average Bonchev–Trinajstić information content (AvgIpc) is 3.16. The van der Waals surface area contributed by atoms with Crippen molar-refractivity contribution in [1.29, 1.82) is 0 Å². The number of nitrogens with one attached hydrogen (secondary N) is 1. The Balaban J connectivity index is 1.68. The lowest BCUT2D eigenvalue weighted by molar-refractivity contribution is -0.137. The highest BCUT2D eigenvalue weighted by Crippen LogP contribution is 2.36. The number of halogens is 3. The fraction of sp³-hybridized carbons (Fsp3) is 0.231. The summed E-state index contributed by atoms with van der Waals surface area (Å²) in [5, 5.41) is 3.33. The van der Waals surface area contributed by atoms with E-state index in [0.717, 1.165) is 29.8 Å². The van der Waals surface area contributed by atoms with Crippen LogP contribution < -0.4 is 11.1 Å². The molecule has 2 aromatic carbocycles. The Morgan fingerprint density at radius 3 is 2.47 bits per heavy atom. The van der Waals surface area contributed by atoms with Crippen molar-refractivity contribution in [2.24, 2.45) is 12.8 Å². The number of imidazole rings is 1.